The van der Waals surface area contributed by atoms with Gasteiger partial charge in [-0.25, -0.2) is 0 Å². The molecule has 3 atom stereocenters. The molecule has 0 radical (unpaired) electrons. The molecule has 0 amide bonds. The molecule has 2 nitrogen and oxygen atoms in total. The third kappa shape index (κ3) is 3.12. The number of piperidine rings is 1. The summed E-state index contributed by atoms with van der Waals surface area (Å²) in [7, 11) is 0. The van der Waals surface area contributed by atoms with Gasteiger partial charge in [0, 0.05) is 6.04 Å². The number of benzene rings is 1. The molecule has 1 heterocycles. The van der Waals surface area contributed by atoms with Gasteiger partial charge >= 0.3 is 0 Å². The summed E-state index contributed by atoms with van der Waals surface area (Å²) < 4.78 is 0. The van der Waals surface area contributed by atoms with Gasteiger partial charge in [-0.2, -0.15) is 0 Å². The van der Waals surface area contributed by atoms with Gasteiger partial charge in [0.05, 0.1) is 6.10 Å². The van der Waals surface area contributed by atoms with Crippen LogP contribution in [0.5, 0.6) is 0 Å². The molecule has 3 unspecified atom stereocenters. The Morgan fingerprint density at radius 1 is 1.22 bits per heavy atom. The van der Waals surface area contributed by atoms with Crippen LogP contribution in [0.1, 0.15) is 62.7 Å². The Labute approximate surface area is 110 Å². The average Bonchev–Trinajstić information content (AvgIpc) is 2.47. The summed E-state index contributed by atoms with van der Waals surface area (Å²) in [5.41, 5.74) is 2.41. The Kier molecular flexibility index (Phi) is 4.79. The van der Waals surface area contributed by atoms with Crippen LogP contribution in [0.25, 0.3) is 0 Å². The number of aliphatic hydroxyl groups excluding tert-OH is 1. The van der Waals surface area contributed by atoms with E-state index in [-0.39, 0.29) is 12.1 Å². The minimum atomic E-state index is -0.365. The van der Waals surface area contributed by atoms with E-state index in [1.54, 1.807) is 0 Å². The normalized spacial score (nSPS) is 23.6. The van der Waals surface area contributed by atoms with Crippen molar-refractivity contribution in [1.82, 2.24) is 5.32 Å². The van der Waals surface area contributed by atoms with E-state index in [4.69, 9.17) is 0 Å². The van der Waals surface area contributed by atoms with E-state index in [2.05, 4.69) is 43.4 Å². The Morgan fingerprint density at radius 3 is 2.44 bits per heavy atom. The van der Waals surface area contributed by atoms with Gasteiger partial charge in [0.25, 0.3) is 0 Å². The molecule has 0 spiro atoms. The van der Waals surface area contributed by atoms with E-state index in [9.17, 15) is 5.11 Å². The first-order valence-electron chi connectivity index (χ1n) is 7.23. The van der Waals surface area contributed by atoms with E-state index < -0.39 is 0 Å². The van der Waals surface area contributed by atoms with Crippen LogP contribution >= 0.6 is 0 Å². The van der Waals surface area contributed by atoms with Crippen LogP contribution in [0.15, 0.2) is 24.3 Å². The fourth-order valence-electron chi connectivity index (χ4n) is 2.64. The quantitative estimate of drug-likeness (QED) is 0.855. The topological polar surface area (TPSA) is 32.3 Å². The second-order valence-electron chi connectivity index (χ2n) is 5.48. The van der Waals surface area contributed by atoms with Crippen LogP contribution in [0.4, 0.5) is 0 Å². The van der Waals surface area contributed by atoms with E-state index in [0.29, 0.717) is 5.92 Å². The Hall–Kier alpha value is -0.860. The van der Waals surface area contributed by atoms with E-state index in [1.165, 1.54) is 18.4 Å². The zero-order valence-corrected chi connectivity index (χ0v) is 11.5. The van der Waals surface area contributed by atoms with Gasteiger partial charge in [0.2, 0.25) is 0 Å². The van der Waals surface area contributed by atoms with Gasteiger partial charge in [-0.15, -0.1) is 0 Å². The summed E-state index contributed by atoms with van der Waals surface area (Å²) in [6, 6.07) is 8.73. The van der Waals surface area contributed by atoms with Crippen molar-refractivity contribution >= 4 is 0 Å². The van der Waals surface area contributed by atoms with Gasteiger partial charge in [-0.3, -0.25) is 0 Å². The molecule has 18 heavy (non-hydrogen) atoms. The van der Waals surface area contributed by atoms with Gasteiger partial charge in [-0.1, -0.05) is 44.5 Å². The molecule has 2 rings (SSSR count). The molecule has 1 aromatic carbocycles. The highest BCUT2D eigenvalue weighted by Crippen LogP contribution is 2.25. The zero-order valence-electron chi connectivity index (χ0n) is 11.5. The van der Waals surface area contributed by atoms with Gasteiger partial charge in [0.15, 0.2) is 0 Å². The van der Waals surface area contributed by atoms with E-state index >= 15 is 0 Å². The van der Waals surface area contributed by atoms with Crippen molar-refractivity contribution in [1.29, 1.82) is 0 Å². The van der Waals surface area contributed by atoms with Crippen molar-refractivity contribution in [2.24, 2.45) is 0 Å². The molecule has 100 valence electrons. The summed E-state index contributed by atoms with van der Waals surface area (Å²) in [6.07, 6.45) is 4.33. The molecule has 1 aromatic rings. The lowest BCUT2D eigenvalue weighted by atomic mass is 9.92. The minimum absolute atomic E-state index is 0.230. The average molecular weight is 247 g/mol. The second-order valence-corrected chi connectivity index (χ2v) is 5.48. The summed E-state index contributed by atoms with van der Waals surface area (Å²) in [5.74, 6) is 0.601. The number of hydrogen-bond donors (Lipinski definition) is 2. The van der Waals surface area contributed by atoms with Crippen LogP contribution in [-0.4, -0.2) is 17.7 Å². The van der Waals surface area contributed by atoms with Crippen LogP contribution in [0.3, 0.4) is 0 Å². The smallest absolute Gasteiger partial charge is 0.0942 e. The van der Waals surface area contributed by atoms with E-state index in [1.807, 2.05) is 0 Å². The molecule has 0 aromatic heterocycles. The highest BCUT2D eigenvalue weighted by Gasteiger charge is 2.22. The van der Waals surface area contributed by atoms with Crippen LogP contribution in [-0.2, 0) is 0 Å². The summed E-state index contributed by atoms with van der Waals surface area (Å²) in [6.45, 7) is 5.49. The predicted molar refractivity (Wildman–Crippen MR) is 75.7 cm³/mol. The maximum absolute atomic E-state index is 10.4. The predicted octanol–water partition coefficient (Wildman–Crippen LogP) is 3.38. The molecular weight excluding hydrogens is 222 g/mol. The number of hydrogen-bond acceptors (Lipinski definition) is 2. The maximum atomic E-state index is 10.4. The zero-order chi connectivity index (χ0) is 13.0. The van der Waals surface area contributed by atoms with Gasteiger partial charge in [0.1, 0.15) is 0 Å². The maximum Gasteiger partial charge on any atom is 0.0942 e. The monoisotopic (exact) mass is 247 g/mol. The first-order chi connectivity index (χ1) is 8.72. The number of aliphatic hydroxyl groups is 1. The lowest BCUT2D eigenvalue weighted by Crippen LogP contribution is -2.38. The van der Waals surface area contributed by atoms with Gasteiger partial charge in [-0.05, 0) is 42.9 Å². The SMILES string of the molecule is CCC(C)c1ccc(C(O)C2CCCCN2)cc1. The molecule has 0 bridgehead atoms. The van der Waals surface area contributed by atoms with Crippen molar-refractivity contribution in [2.75, 3.05) is 6.54 Å². The highest BCUT2D eigenvalue weighted by atomic mass is 16.3. The minimum Gasteiger partial charge on any atom is -0.387 e. The third-order valence-corrected chi connectivity index (χ3v) is 4.19. The summed E-state index contributed by atoms with van der Waals surface area (Å²) in [4.78, 5) is 0. The van der Waals surface area contributed by atoms with Crippen LogP contribution in [0, 0.1) is 0 Å². The van der Waals surface area contributed by atoms with Crippen molar-refractivity contribution in [3.8, 4) is 0 Å². The van der Waals surface area contributed by atoms with Crippen molar-refractivity contribution in [3.05, 3.63) is 35.4 Å². The van der Waals surface area contributed by atoms with Crippen molar-refractivity contribution < 1.29 is 5.11 Å². The van der Waals surface area contributed by atoms with Crippen molar-refractivity contribution in [3.63, 3.8) is 0 Å². The fourth-order valence-corrected chi connectivity index (χ4v) is 2.64. The third-order valence-electron chi connectivity index (χ3n) is 4.19. The second kappa shape index (κ2) is 6.35. The Bertz CT molecular complexity index is 354. The molecule has 1 aliphatic heterocycles. The van der Waals surface area contributed by atoms with Gasteiger partial charge < -0.3 is 10.4 Å². The molecule has 2 N–H and O–H groups in total. The standard InChI is InChI=1S/C16H25NO/c1-3-12(2)13-7-9-14(10-8-13)16(18)15-6-4-5-11-17-15/h7-10,12,15-18H,3-6,11H2,1-2H3. The van der Waals surface area contributed by atoms with E-state index in [0.717, 1.165) is 24.9 Å². The first kappa shape index (κ1) is 13.6. The molecular formula is C16H25NO. The fraction of sp³-hybridized carbons (Fsp3) is 0.625. The van der Waals surface area contributed by atoms with Crippen LogP contribution < -0.4 is 5.32 Å². The molecule has 1 aliphatic rings. The molecule has 1 saturated heterocycles. The molecule has 0 saturated carbocycles. The van der Waals surface area contributed by atoms with Crippen molar-refractivity contribution in [2.45, 2.75) is 57.6 Å². The Morgan fingerprint density at radius 2 is 1.89 bits per heavy atom. The highest BCUT2D eigenvalue weighted by molar-refractivity contribution is 5.27. The molecule has 0 aliphatic carbocycles. The first-order valence-corrected chi connectivity index (χ1v) is 7.23. The lowest BCUT2D eigenvalue weighted by Gasteiger charge is -2.28. The van der Waals surface area contributed by atoms with Crippen LogP contribution in [0.2, 0.25) is 0 Å². The lowest BCUT2D eigenvalue weighted by molar-refractivity contribution is 0.114. The summed E-state index contributed by atoms with van der Waals surface area (Å²) >= 11 is 0. The summed E-state index contributed by atoms with van der Waals surface area (Å²) in [5, 5.41) is 13.8. The number of rotatable bonds is 4. The number of nitrogens with one attached hydrogen (secondary N) is 1. The molecule has 2 heteroatoms. The Balaban J connectivity index is 2.03. The largest absolute Gasteiger partial charge is 0.387 e. The molecule has 1 fully saturated rings.